The molecular weight excluding hydrogens is 388 g/mol. The zero-order valence-corrected chi connectivity index (χ0v) is 16.1. The molecule has 1 aliphatic rings. The van der Waals surface area contributed by atoms with Crippen molar-refractivity contribution in [1.82, 2.24) is 19.9 Å². The van der Waals surface area contributed by atoms with E-state index in [1.54, 1.807) is 10.7 Å². The van der Waals surface area contributed by atoms with Gasteiger partial charge in [0.05, 0.1) is 22.6 Å². The van der Waals surface area contributed by atoms with Crippen molar-refractivity contribution in [3.8, 4) is 5.69 Å². The number of hydrogen-bond acceptors (Lipinski definition) is 4. The molecule has 27 heavy (non-hydrogen) atoms. The lowest BCUT2D eigenvalue weighted by Gasteiger charge is -2.14. The molecule has 5 nitrogen and oxygen atoms in total. The normalized spacial score (nSPS) is 19.8. The van der Waals surface area contributed by atoms with Gasteiger partial charge in [0.25, 0.3) is 0 Å². The van der Waals surface area contributed by atoms with Crippen LogP contribution in [0.5, 0.6) is 0 Å². The van der Waals surface area contributed by atoms with Crippen molar-refractivity contribution in [3.05, 3.63) is 76.8 Å². The Morgan fingerprint density at radius 1 is 1.15 bits per heavy atom. The summed E-state index contributed by atoms with van der Waals surface area (Å²) in [4.78, 5) is 2.28. The molecule has 0 spiro atoms. The molecule has 0 radical (unpaired) electrons. The van der Waals surface area contributed by atoms with Crippen LogP contribution in [0.15, 0.2) is 54.7 Å². The minimum atomic E-state index is -0.378. The van der Waals surface area contributed by atoms with Crippen LogP contribution in [-0.4, -0.2) is 39.0 Å². The average molecular weight is 408 g/mol. The van der Waals surface area contributed by atoms with Crippen LogP contribution in [0.4, 0.5) is 4.39 Å². The fourth-order valence-electron chi connectivity index (χ4n) is 3.48. The third-order valence-corrected chi connectivity index (χ3v) is 5.05. The van der Waals surface area contributed by atoms with E-state index in [0.717, 1.165) is 18.8 Å². The highest BCUT2D eigenvalue weighted by Gasteiger charge is 2.31. The van der Waals surface area contributed by atoms with E-state index in [1.807, 2.05) is 24.4 Å². The molecular formula is C19H20Cl2FN5. The maximum Gasteiger partial charge on any atom is 0.124 e. The third kappa shape index (κ3) is 4.30. The summed E-state index contributed by atoms with van der Waals surface area (Å²) < 4.78 is 14.8. The molecule has 0 unspecified atom stereocenters. The second kappa shape index (κ2) is 8.35. The van der Waals surface area contributed by atoms with Crippen molar-refractivity contribution in [2.24, 2.45) is 5.73 Å². The smallest absolute Gasteiger partial charge is 0.124 e. The quantitative estimate of drug-likeness (QED) is 0.719. The number of nitrogens with two attached hydrogens (primary N) is 1. The van der Waals surface area contributed by atoms with Crippen LogP contribution in [0.2, 0.25) is 5.02 Å². The highest BCUT2D eigenvalue weighted by molar-refractivity contribution is 6.32. The van der Waals surface area contributed by atoms with E-state index in [-0.39, 0.29) is 24.3 Å². The van der Waals surface area contributed by atoms with Crippen LogP contribution < -0.4 is 5.73 Å². The number of hydrogen-bond donors (Lipinski definition) is 1. The highest BCUT2D eigenvalue weighted by Crippen LogP contribution is 2.27. The summed E-state index contributed by atoms with van der Waals surface area (Å²) in [7, 11) is 0. The predicted octanol–water partition coefficient (Wildman–Crippen LogP) is 3.41. The van der Waals surface area contributed by atoms with E-state index >= 15 is 0 Å². The van der Waals surface area contributed by atoms with Gasteiger partial charge in [-0.15, -0.1) is 17.5 Å². The number of likely N-dealkylation sites (tertiary alicyclic amines) is 1. The van der Waals surface area contributed by atoms with E-state index in [0.29, 0.717) is 23.2 Å². The van der Waals surface area contributed by atoms with Gasteiger partial charge >= 0.3 is 0 Å². The van der Waals surface area contributed by atoms with Gasteiger partial charge in [0, 0.05) is 31.6 Å². The average Bonchev–Trinajstić information content (AvgIpc) is 3.22. The Kier molecular flexibility index (Phi) is 6.11. The van der Waals surface area contributed by atoms with Crippen LogP contribution in [0.25, 0.3) is 5.69 Å². The van der Waals surface area contributed by atoms with Gasteiger partial charge in [-0.1, -0.05) is 47.1 Å². The second-order valence-corrected chi connectivity index (χ2v) is 7.03. The van der Waals surface area contributed by atoms with E-state index in [1.165, 1.54) is 17.7 Å². The summed E-state index contributed by atoms with van der Waals surface area (Å²) in [5.74, 6) is -0.0603. The topological polar surface area (TPSA) is 60.0 Å². The van der Waals surface area contributed by atoms with Gasteiger partial charge in [0.1, 0.15) is 5.82 Å². The van der Waals surface area contributed by atoms with Gasteiger partial charge in [-0.25, -0.2) is 9.07 Å². The Hall–Kier alpha value is -1.99. The first-order valence-corrected chi connectivity index (χ1v) is 8.87. The van der Waals surface area contributed by atoms with E-state index in [2.05, 4.69) is 27.3 Å². The van der Waals surface area contributed by atoms with E-state index in [4.69, 9.17) is 17.3 Å². The van der Waals surface area contributed by atoms with Crippen LogP contribution >= 0.6 is 24.0 Å². The second-order valence-electron chi connectivity index (χ2n) is 6.63. The maximum absolute atomic E-state index is 13.2. The maximum atomic E-state index is 13.2. The molecule has 2 atom stereocenters. The lowest BCUT2D eigenvalue weighted by atomic mass is 9.95. The molecule has 3 aromatic rings. The lowest BCUT2D eigenvalue weighted by molar-refractivity contribution is 0.319. The molecule has 1 fully saturated rings. The van der Waals surface area contributed by atoms with Crippen molar-refractivity contribution >= 4 is 24.0 Å². The third-order valence-electron chi connectivity index (χ3n) is 4.75. The minimum absolute atomic E-state index is 0. The molecule has 142 valence electrons. The molecule has 0 amide bonds. The molecule has 0 saturated carbocycles. The predicted molar refractivity (Wildman–Crippen MR) is 106 cm³/mol. The fraction of sp³-hybridized carbons (Fsp3) is 0.263. The van der Waals surface area contributed by atoms with Crippen LogP contribution in [0.1, 0.15) is 17.2 Å². The standard InChI is InChI=1S/C19H19ClFN5.ClH/c20-17-8-14(21)6-7-19(17)26-10-15(23-24-26)9-25-11-16(18(22)12-25)13-4-2-1-3-5-13;/h1-8,10,16,18H,9,11-12,22H2;1H/t16-,18+;/m0./s1. The number of aromatic nitrogens is 3. The van der Waals surface area contributed by atoms with Crippen LogP contribution in [-0.2, 0) is 6.54 Å². The van der Waals surface area contributed by atoms with Crippen molar-refractivity contribution in [2.45, 2.75) is 18.5 Å². The monoisotopic (exact) mass is 407 g/mol. The summed E-state index contributed by atoms with van der Waals surface area (Å²) in [6.07, 6.45) is 1.82. The molecule has 4 rings (SSSR count). The molecule has 0 bridgehead atoms. The molecule has 1 saturated heterocycles. The first-order chi connectivity index (χ1) is 12.6. The van der Waals surface area contributed by atoms with Gasteiger partial charge < -0.3 is 5.73 Å². The van der Waals surface area contributed by atoms with Crippen LogP contribution in [0, 0.1) is 5.82 Å². The minimum Gasteiger partial charge on any atom is -0.326 e. The summed E-state index contributed by atoms with van der Waals surface area (Å²) in [6.45, 7) is 2.36. The summed E-state index contributed by atoms with van der Waals surface area (Å²) >= 11 is 6.09. The summed E-state index contributed by atoms with van der Waals surface area (Å²) in [5.41, 5.74) is 9.05. The zero-order valence-electron chi connectivity index (χ0n) is 14.5. The number of benzene rings is 2. The first-order valence-electron chi connectivity index (χ1n) is 8.49. The molecule has 2 aromatic carbocycles. The van der Waals surface area contributed by atoms with Gasteiger partial charge in [0.15, 0.2) is 0 Å². The number of halogens is 3. The first kappa shape index (κ1) is 19.8. The van der Waals surface area contributed by atoms with Crippen LogP contribution in [0.3, 0.4) is 0 Å². The molecule has 0 aliphatic carbocycles. The van der Waals surface area contributed by atoms with Crippen molar-refractivity contribution in [2.75, 3.05) is 13.1 Å². The van der Waals surface area contributed by atoms with Gasteiger partial charge in [-0.3, -0.25) is 4.90 Å². The number of nitrogens with zero attached hydrogens (tertiary/aromatic N) is 4. The van der Waals surface area contributed by atoms with Crippen molar-refractivity contribution in [1.29, 1.82) is 0 Å². The summed E-state index contributed by atoms with van der Waals surface area (Å²) in [5, 5.41) is 8.64. The summed E-state index contributed by atoms with van der Waals surface area (Å²) in [6, 6.07) is 14.7. The Morgan fingerprint density at radius 2 is 1.93 bits per heavy atom. The van der Waals surface area contributed by atoms with Gasteiger partial charge in [-0.05, 0) is 23.8 Å². The Morgan fingerprint density at radius 3 is 2.67 bits per heavy atom. The molecule has 8 heteroatoms. The van der Waals surface area contributed by atoms with Gasteiger partial charge in [-0.2, -0.15) is 0 Å². The Labute approximate surface area is 168 Å². The van der Waals surface area contributed by atoms with Crippen molar-refractivity contribution < 1.29 is 4.39 Å². The Balaban J connectivity index is 0.00000210. The number of rotatable bonds is 4. The van der Waals surface area contributed by atoms with Gasteiger partial charge in [0.2, 0.25) is 0 Å². The molecule has 1 aromatic heterocycles. The fourth-order valence-corrected chi connectivity index (χ4v) is 3.73. The largest absolute Gasteiger partial charge is 0.326 e. The van der Waals surface area contributed by atoms with E-state index in [9.17, 15) is 4.39 Å². The molecule has 1 aliphatic heterocycles. The Bertz CT molecular complexity index is 902. The lowest BCUT2D eigenvalue weighted by Crippen LogP contribution is -2.28. The SMILES string of the molecule is Cl.N[C@@H]1CN(Cc2cn(-c3ccc(F)cc3Cl)nn2)C[C@H]1c1ccccc1. The molecule has 2 N–H and O–H groups in total. The van der Waals surface area contributed by atoms with Crippen molar-refractivity contribution in [3.63, 3.8) is 0 Å². The molecule has 2 heterocycles. The van der Waals surface area contributed by atoms with E-state index < -0.39 is 0 Å². The highest BCUT2D eigenvalue weighted by atomic mass is 35.5. The zero-order chi connectivity index (χ0) is 18.1.